The largest absolute Gasteiger partial charge is 0.493 e. The predicted octanol–water partition coefficient (Wildman–Crippen LogP) is 3.25. The minimum absolute atomic E-state index is 0.124. The van der Waals surface area contributed by atoms with Crippen LogP contribution < -0.4 is 9.47 Å². The molecular formula is C19H20FN3O4S. The number of hydrogen-bond acceptors (Lipinski definition) is 5. The summed E-state index contributed by atoms with van der Waals surface area (Å²) in [5.74, 6) is 0.948. The molecule has 1 N–H and O–H groups in total. The molecule has 7 nitrogen and oxygen atoms in total. The second kappa shape index (κ2) is 7.06. The number of hydrogen-bond donors (Lipinski definition) is 1. The maximum Gasteiger partial charge on any atom is 0.243 e. The Morgan fingerprint density at radius 3 is 2.68 bits per heavy atom. The van der Waals surface area contributed by atoms with Gasteiger partial charge in [0.05, 0.1) is 36.2 Å². The number of methoxy groups -OCH3 is 2. The highest BCUT2D eigenvalue weighted by Crippen LogP contribution is 2.38. The zero-order valence-corrected chi connectivity index (χ0v) is 16.3. The van der Waals surface area contributed by atoms with E-state index in [4.69, 9.17) is 9.47 Å². The summed E-state index contributed by atoms with van der Waals surface area (Å²) in [4.78, 5) is 7.68. The molecule has 1 saturated heterocycles. The maximum atomic E-state index is 13.5. The predicted molar refractivity (Wildman–Crippen MR) is 101 cm³/mol. The van der Waals surface area contributed by atoms with E-state index in [9.17, 15) is 12.8 Å². The van der Waals surface area contributed by atoms with E-state index in [0.29, 0.717) is 47.7 Å². The minimum atomic E-state index is -3.78. The van der Waals surface area contributed by atoms with Crippen molar-refractivity contribution < 1.29 is 22.3 Å². The number of ether oxygens (including phenoxy) is 2. The number of benzene rings is 2. The molecule has 148 valence electrons. The molecule has 2 aromatic carbocycles. The topological polar surface area (TPSA) is 84.5 Å². The fourth-order valence-electron chi connectivity index (χ4n) is 3.57. The molecule has 3 aromatic rings. The molecule has 0 radical (unpaired) electrons. The summed E-state index contributed by atoms with van der Waals surface area (Å²) in [6.07, 6.45) is 1.34. The van der Waals surface area contributed by atoms with E-state index in [2.05, 4.69) is 9.97 Å². The third-order valence-electron chi connectivity index (χ3n) is 4.94. The van der Waals surface area contributed by atoms with Crippen molar-refractivity contribution in [3.8, 4) is 11.5 Å². The Labute approximate surface area is 162 Å². The first kappa shape index (κ1) is 18.7. The molecule has 1 unspecified atom stereocenters. The van der Waals surface area contributed by atoms with Crippen molar-refractivity contribution in [2.24, 2.45) is 0 Å². The number of aromatic nitrogens is 2. The summed E-state index contributed by atoms with van der Waals surface area (Å²) in [5.41, 5.74) is 1.15. The number of H-pyrrole nitrogens is 1. The van der Waals surface area contributed by atoms with Gasteiger partial charge in [-0.15, -0.1) is 0 Å². The normalized spacial score (nSPS) is 17.9. The Hall–Kier alpha value is -2.65. The van der Waals surface area contributed by atoms with Crippen LogP contribution in [0.5, 0.6) is 11.5 Å². The number of nitrogens with zero attached hydrogens (tertiary/aromatic N) is 2. The molecule has 0 bridgehead atoms. The van der Waals surface area contributed by atoms with Gasteiger partial charge in [0.15, 0.2) is 11.5 Å². The summed E-state index contributed by atoms with van der Waals surface area (Å²) in [5, 5.41) is 0. The van der Waals surface area contributed by atoms with Crippen LogP contribution in [0.2, 0.25) is 0 Å². The van der Waals surface area contributed by atoms with Gasteiger partial charge in [-0.2, -0.15) is 4.31 Å². The van der Waals surface area contributed by atoms with Gasteiger partial charge in [-0.05, 0) is 43.2 Å². The van der Waals surface area contributed by atoms with Gasteiger partial charge in [-0.25, -0.2) is 17.8 Å². The lowest BCUT2D eigenvalue weighted by atomic mass is 10.2. The van der Waals surface area contributed by atoms with Gasteiger partial charge in [-0.3, -0.25) is 0 Å². The molecule has 1 aliphatic heterocycles. The SMILES string of the molecule is COc1ccc(S(=O)(=O)N2CCCC2c2nc3ccc(F)cc3[nH]2)cc1OC. The molecule has 0 aliphatic carbocycles. The maximum absolute atomic E-state index is 13.5. The van der Waals surface area contributed by atoms with Gasteiger partial charge in [0.25, 0.3) is 0 Å². The summed E-state index contributed by atoms with van der Waals surface area (Å²) in [6.45, 7) is 0.382. The second-order valence-electron chi connectivity index (χ2n) is 6.57. The zero-order valence-electron chi connectivity index (χ0n) is 15.5. The highest BCUT2D eigenvalue weighted by Gasteiger charge is 2.38. The van der Waals surface area contributed by atoms with Crippen molar-refractivity contribution in [1.82, 2.24) is 14.3 Å². The van der Waals surface area contributed by atoms with E-state index in [1.165, 1.54) is 42.8 Å². The van der Waals surface area contributed by atoms with Crippen LogP contribution in [0.25, 0.3) is 11.0 Å². The lowest BCUT2D eigenvalue weighted by Gasteiger charge is -2.23. The van der Waals surface area contributed by atoms with Crippen LogP contribution in [-0.2, 0) is 10.0 Å². The summed E-state index contributed by atoms with van der Waals surface area (Å²) >= 11 is 0. The smallest absolute Gasteiger partial charge is 0.243 e. The number of nitrogens with one attached hydrogen (secondary N) is 1. The van der Waals surface area contributed by atoms with Crippen LogP contribution in [-0.4, -0.2) is 43.5 Å². The third-order valence-corrected chi connectivity index (χ3v) is 6.85. The molecule has 1 aliphatic rings. The van der Waals surface area contributed by atoms with Crippen LogP contribution in [0, 0.1) is 5.82 Å². The molecule has 0 saturated carbocycles. The number of imidazole rings is 1. The molecule has 1 fully saturated rings. The van der Waals surface area contributed by atoms with Crippen LogP contribution in [0.4, 0.5) is 4.39 Å². The highest BCUT2D eigenvalue weighted by atomic mass is 32.2. The summed E-state index contributed by atoms with van der Waals surface area (Å²) in [7, 11) is -0.824. The molecule has 28 heavy (non-hydrogen) atoms. The van der Waals surface area contributed by atoms with Gasteiger partial charge in [-0.1, -0.05) is 0 Å². The molecular weight excluding hydrogens is 385 g/mol. The van der Waals surface area contributed by atoms with Crippen molar-refractivity contribution in [3.63, 3.8) is 0 Å². The van der Waals surface area contributed by atoms with Gasteiger partial charge in [0, 0.05) is 12.6 Å². The zero-order chi connectivity index (χ0) is 19.9. The number of sulfonamides is 1. The molecule has 0 amide bonds. The van der Waals surface area contributed by atoms with E-state index < -0.39 is 16.1 Å². The van der Waals surface area contributed by atoms with Crippen LogP contribution >= 0.6 is 0 Å². The van der Waals surface area contributed by atoms with Crippen molar-refractivity contribution in [1.29, 1.82) is 0 Å². The van der Waals surface area contributed by atoms with Gasteiger partial charge in [0.1, 0.15) is 11.6 Å². The number of fused-ring (bicyclic) bond motifs is 1. The molecule has 0 spiro atoms. The lowest BCUT2D eigenvalue weighted by molar-refractivity contribution is 0.353. The van der Waals surface area contributed by atoms with E-state index >= 15 is 0 Å². The van der Waals surface area contributed by atoms with E-state index in [0.717, 1.165) is 0 Å². The first-order chi connectivity index (χ1) is 13.4. The van der Waals surface area contributed by atoms with Gasteiger partial charge >= 0.3 is 0 Å². The van der Waals surface area contributed by atoms with E-state index in [1.54, 1.807) is 12.1 Å². The van der Waals surface area contributed by atoms with Crippen LogP contribution in [0.3, 0.4) is 0 Å². The lowest BCUT2D eigenvalue weighted by Crippen LogP contribution is -2.31. The van der Waals surface area contributed by atoms with Gasteiger partial charge < -0.3 is 14.5 Å². The Kier molecular flexibility index (Phi) is 4.72. The van der Waals surface area contributed by atoms with Gasteiger partial charge in [0.2, 0.25) is 10.0 Å². The number of aromatic amines is 1. The monoisotopic (exact) mass is 405 g/mol. The number of halogens is 1. The molecule has 4 rings (SSSR count). The fraction of sp³-hybridized carbons (Fsp3) is 0.316. The van der Waals surface area contributed by atoms with E-state index in [1.807, 2.05) is 0 Å². The fourth-order valence-corrected chi connectivity index (χ4v) is 5.25. The quantitative estimate of drug-likeness (QED) is 0.704. The van der Waals surface area contributed by atoms with Crippen molar-refractivity contribution in [2.45, 2.75) is 23.8 Å². The first-order valence-electron chi connectivity index (χ1n) is 8.83. The molecule has 9 heteroatoms. The standard InChI is InChI=1S/C19H20FN3O4S/c1-26-17-8-6-13(11-18(17)27-2)28(24,25)23-9-3-4-16(23)19-21-14-7-5-12(20)10-15(14)22-19/h5-8,10-11,16H,3-4,9H2,1-2H3,(H,21,22). The van der Waals surface area contributed by atoms with Crippen molar-refractivity contribution in [2.75, 3.05) is 20.8 Å². The Morgan fingerprint density at radius 2 is 1.93 bits per heavy atom. The van der Waals surface area contributed by atoms with Crippen LogP contribution in [0.1, 0.15) is 24.7 Å². The summed E-state index contributed by atoms with van der Waals surface area (Å²) < 4.78 is 51.9. The second-order valence-corrected chi connectivity index (χ2v) is 8.46. The molecule has 2 heterocycles. The summed E-state index contributed by atoms with van der Waals surface area (Å²) in [6, 6.07) is 8.35. The average Bonchev–Trinajstić information content (AvgIpc) is 3.33. The van der Waals surface area contributed by atoms with Crippen LogP contribution in [0.15, 0.2) is 41.3 Å². The average molecular weight is 405 g/mol. The Bertz CT molecular complexity index is 1130. The molecule has 1 aromatic heterocycles. The first-order valence-corrected chi connectivity index (χ1v) is 10.3. The Morgan fingerprint density at radius 1 is 1.14 bits per heavy atom. The highest BCUT2D eigenvalue weighted by molar-refractivity contribution is 7.89. The third kappa shape index (κ3) is 3.10. The molecule has 1 atom stereocenters. The number of rotatable bonds is 5. The minimum Gasteiger partial charge on any atom is -0.493 e. The van der Waals surface area contributed by atoms with E-state index in [-0.39, 0.29) is 10.7 Å². The Balaban J connectivity index is 1.72. The van der Waals surface area contributed by atoms with Crippen molar-refractivity contribution in [3.05, 3.63) is 48.0 Å². The van der Waals surface area contributed by atoms with Crippen molar-refractivity contribution >= 4 is 21.1 Å².